The van der Waals surface area contributed by atoms with E-state index in [-0.39, 0.29) is 30.9 Å². The van der Waals surface area contributed by atoms with Gasteiger partial charge in [0, 0.05) is 13.1 Å². The number of rotatable bonds is 9. The number of carbonyl (C=O) groups is 2. The number of hydrogen-bond donors (Lipinski definition) is 1. The molecule has 0 saturated carbocycles. The van der Waals surface area contributed by atoms with Crippen LogP contribution >= 0.6 is 0 Å². The highest BCUT2D eigenvalue weighted by molar-refractivity contribution is 7.86. The molecule has 146 valence electrons. The number of benzene rings is 1. The van der Waals surface area contributed by atoms with Crippen LogP contribution in [0.4, 0.5) is 4.79 Å². The lowest BCUT2D eigenvalue weighted by atomic mass is 10.1. The number of carbonyl (C=O) groups excluding carboxylic acids is 2. The van der Waals surface area contributed by atoms with E-state index in [4.69, 9.17) is 8.92 Å². The predicted molar refractivity (Wildman–Crippen MR) is 97.2 cm³/mol. The van der Waals surface area contributed by atoms with Crippen molar-refractivity contribution < 1.29 is 26.9 Å². The Bertz CT molecular complexity index is 700. The Morgan fingerprint density at radius 1 is 1.19 bits per heavy atom. The summed E-state index contributed by atoms with van der Waals surface area (Å²) in [6, 6.07) is 6.06. The van der Waals surface area contributed by atoms with Gasteiger partial charge in [-0.15, -0.1) is 0 Å². The quantitative estimate of drug-likeness (QED) is 0.512. The predicted octanol–water partition coefficient (Wildman–Crippen LogP) is 1.76. The van der Waals surface area contributed by atoms with E-state index in [0.29, 0.717) is 13.1 Å². The lowest BCUT2D eigenvalue weighted by Crippen LogP contribution is -2.43. The lowest BCUT2D eigenvalue weighted by molar-refractivity contribution is -0.141. The summed E-state index contributed by atoms with van der Waals surface area (Å²) in [7, 11) is -3.58. The molecule has 0 radical (unpaired) electrons. The zero-order valence-corrected chi connectivity index (χ0v) is 16.3. The van der Waals surface area contributed by atoms with Gasteiger partial charge < -0.3 is 19.1 Å². The molecule has 26 heavy (non-hydrogen) atoms. The van der Waals surface area contributed by atoms with Gasteiger partial charge in [-0.25, -0.2) is 4.79 Å². The van der Waals surface area contributed by atoms with Gasteiger partial charge in [0.1, 0.15) is 12.3 Å². The lowest BCUT2D eigenvalue weighted by Gasteiger charge is -2.25. The summed E-state index contributed by atoms with van der Waals surface area (Å²) < 4.78 is 31.8. The molecule has 0 heterocycles. The van der Waals surface area contributed by atoms with Crippen LogP contribution in [0.25, 0.3) is 0 Å². The van der Waals surface area contributed by atoms with Crippen molar-refractivity contribution in [2.75, 3.05) is 26.0 Å². The molecular weight excluding hydrogens is 360 g/mol. The Morgan fingerprint density at radius 3 is 2.31 bits per heavy atom. The summed E-state index contributed by atoms with van der Waals surface area (Å²) in [5.41, 5.74) is 0.804. The molecule has 8 nitrogen and oxygen atoms in total. The number of esters is 1. The van der Waals surface area contributed by atoms with Crippen LogP contribution in [0.2, 0.25) is 0 Å². The third kappa shape index (κ3) is 8.70. The SMILES string of the molecule is CCOC(=O)CNC(=O)N(Cc1ccc(OS(C)(=O)=O)cc1)CC(C)C. The highest BCUT2D eigenvalue weighted by Gasteiger charge is 2.17. The van der Waals surface area contributed by atoms with E-state index in [9.17, 15) is 18.0 Å². The third-order valence-corrected chi connectivity index (χ3v) is 3.60. The van der Waals surface area contributed by atoms with Crippen molar-refractivity contribution >= 4 is 22.1 Å². The smallest absolute Gasteiger partial charge is 0.325 e. The van der Waals surface area contributed by atoms with Crippen LogP contribution in [0.1, 0.15) is 26.3 Å². The average molecular weight is 386 g/mol. The maximum Gasteiger partial charge on any atom is 0.325 e. The largest absolute Gasteiger partial charge is 0.465 e. The molecule has 0 aliphatic carbocycles. The number of nitrogens with one attached hydrogen (secondary N) is 1. The number of amides is 2. The topological polar surface area (TPSA) is 102 Å². The van der Waals surface area contributed by atoms with Crippen LogP contribution in [-0.2, 0) is 26.2 Å². The highest BCUT2D eigenvalue weighted by Crippen LogP contribution is 2.16. The third-order valence-electron chi connectivity index (χ3n) is 3.11. The van der Waals surface area contributed by atoms with Crippen LogP contribution < -0.4 is 9.50 Å². The molecule has 0 spiro atoms. The van der Waals surface area contributed by atoms with Crippen LogP contribution in [0, 0.1) is 5.92 Å². The summed E-state index contributed by atoms with van der Waals surface area (Å²) >= 11 is 0. The first-order chi connectivity index (χ1) is 12.1. The average Bonchev–Trinajstić information content (AvgIpc) is 2.52. The molecule has 1 N–H and O–H groups in total. The van der Waals surface area contributed by atoms with Crippen molar-refractivity contribution in [3.05, 3.63) is 29.8 Å². The molecule has 0 aromatic heterocycles. The van der Waals surface area contributed by atoms with Gasteiger partial charge in [0.05, 0.1) is 12.9 Å². The summed E-state index contributed by atoms with van der Waals surface area (Å²) in [4.78, 5) is 25.3. The summed E-state index contributed by atoms with van der Waals surface area (Å²) in [6.45, 7) is 6.53. The minimum absolute atomic E-state index is 0.192. The molecule has 9 heteroatoms. The van der Waals surface area contributed by atoms with E-state index < -0.39 is 16.1 Å². The van der Waals surface area contributed by atoms with E-state index in [0.717, 1.165) is 11.8 Å². The van der Waals surface area contributed by atoms with Crippen LogP contribution in [0.5, 0.6) is 5.75 Å². The van der Waals surface area contributed by atoms with Gasteiger partial charge in [0.25, 0.3) is 0 Å². The van der Waals surface area contributed by atoms with Crippen LogP contribution in [0.15, 0.2) is 24.3 Å². The molecule has 0 atom stereocenters. The van der Waals surface area contributed by atoms with Crippen LogP contribution in [-0.4, -0.2) is 51.3 Å². The molecule has 0 bridgehead atoms. The minimum Gasteiger partial charge on any atom is -0.465 e. The fourth-order valence-electron chi connectivity index (χ4n) is 2.18. The fraction of sp³-hybridized carbons (Fsp3) is 0.529. The van der Waals surface area contributed by atoms with Crippen molar-refractivity contribution in [1.82, 2.24) is 10.2 Å². The standard InChI is InChI=1S/C17H26N2O6S/c1-5-24-16(20)10-18-17(21)19(11-13(2)3)12-14-6-8-15(9-7-14)25-26(4,22)23/h6-9,13H,5,10-12H2,1-4H3,(H,18,21). The van der Waals surface area contributed by atoms with Gasteiger partial charge in [-0.05, 0) is 30.5 Å². The van der Waals surface area contributed by atoms with E-state index >= 15 is 0 Å². The minimum atomic E-state index is -3.58. The van der Waals surface area contributed by atoms with Gasteiger partial charge in [0.2, 0.25) is 0 Å². The Morgan fingerprint density at radius 2 is 1.81 bits per heavy atom. The number of urea groups is 1. The molecule has 1 rings (SSSR count). The Hall–Kier alpha value is -2.29. The Kier molecular flexibility index (Phi) is 8.37. The van der Waals surface area contributed by atoms with Crippen molar-refractivity contribution in [2.45, 2.75) is 27.3 Å². The molecule has 1 aromatic carbocycles. The molecule has 0 unspecified atom stereocenters. The zero-order chi connectivity index (χ0) is 19.7. The molecule has 0 aliphatic heterocycles. The number of hydrogen-bond acceptors (Lipinski definition) is 6. The monoisotopic (exact) mass is 386 g/mol. The van der Waals surface area contributed by atoms with Crippen LogP contribution in [0.3, 0.4) is 0 Å². The highest BCUT2D eigenvalue weighted by atomic mass is 32.2. The van der Waals surface area contributed by atoms with Crippen molar-refractivity contribution in [3.8, 4) is 5.75 Å². The van der Waals surface area contributed by atoms with E-state index in [1.807, 2.05) is 13.8 Å². The molecular formula is C17H26N2O6S. The number of nitrogens with zero attached hydrogens (tertiary/aromatic N) is 1. The van der Waals surface area contributed by atoms with Gasteiger partial charge >= 0.3 is 22.1 Å². The first-order valence-corrected chi connectivity index (χ1v) is 10.1. The fourth-order valence-corrected chi connectivity index (χ4v) is 2.64. The van der Waals surface area contributed by atoms with Crippen molar-refractivity contribution in [3.63, 3.8) is 0 Å². The summed E-state index contributed by atoms with van der Waals surface area (Å²) in [5, 5.41) is 2.54. The Balaban J connectivity index is 2.74. The molecule has 0 saturated heterocycles. The van der Waals surface area contributed by atoms with E-state index in [1.165, 1.54) is 12.1 Å². The molecule has 1 aromatic rings. The Labute approximate surface area is 154 Å². The first-order valence-electron chi connectivity index (χ1n) is 8.27. The van der Waals surface area contributed by atoms with Gasteiger partial charge in [-0.1, -0.05) is 26.0 Å². The van der Waals surface area contributed by atoms with E-state index in [2.05, 4.69) is 5.32 Å². The van der Waals surface area contributed by atoms with E-state index in [1.54, 1.807) is 24.0 Å². The van der Waals surface area contributed by atoms with Crippen molar-refractivity contribution in [2.24, 2.45) is 5.92 Å². The second-order valence-corrected chi connectivity index (χ2v) is 7.74. The normalized spacial score (nSPS) is 11.1. The number of ether oxygens (including phenoxy) is 1. The van der Waals surface area contributed by atoms with Gasteiger partial charge in [-0.3, -0.25) is 4.79 Å². The summed E-state index contributed by atoms with van der Waals surface area (Å²) in [6.07, 6.45) is 0.971. The van der Waals surface area contributed by atoms with Gasteiger partial charge in [-0.2, -0.15) is 8.42 Å². The maximum absolute atomic E-state index is 12.3. The maximum atomic E-state index is 12.3. The summed E-state index contributed by atoms with van der Waals surface area (Å²) in [5.74, 6) is -0.0535. The van der Waals surface area contributed by atoms with Gasteiger partial charge in [0.15, 0.2) is 0 Å². The molecule has 2 amide bonds. The molecule has 0 aliphatic rings. The van der Waals surface area contributed by atoms with Crippen molar-refractivity contribution in [1.29, 1.82) is 0 Å². The second kappa shape index (κ2) is 10.0. The second-order valence-electron chi connectivity index (χ2n) is 6.17. The molecule has 0 fully saturated rings. The zero-order valence-electron chi connectivity index (χ0n) is 15.5. The first kappa shape index (κ1) is 21.8.